The number of thioether (sulfide) groups is 1. The van der Waals surface area contributed by atoms with Crippen LogP contribution in [0.15, 0.2) is 31.2 Å². The minimum absolute atomic E-state index is 0.00567. The molecule has 0 bridgehead atoms. The molecule has 5 nitrogen and oxygen atoms in total. The zero-order valence-corrected chi connectivity index (χ0v) is 13.7. The quantitative estimate of drug-likeness (QED) is 0.797. The molecular formula is C16H19N3O2S. The normalized spacial score (nSPS) is 33.2. The van der Waals surface area contributed by atoms with Crippen molar-refractivity contribution < 1.29 is 9.47 Å². The van der Waals surface area contributed by atoms with Gasteiger partial charge in [0.05, 0.1) is 10.9 Å². The highest BCUT2D eigenvalue weighted by Crippen LogP contribution is 2.51. The Morgan fingerprint density at radius 3 is 2.86 bits per heavy atom. The Kier molecular flexibility index (Phi) is 3.11. The van der Waals surface area contributed by atoms with Gasteiger partial charge in [-0.25, -0.2) is 9.97 Å². The van der Waals surface area contributed by atoms with E-state index in [-0.39, 0.29) is 22.8 Å². The number of hydrogen-bond donors (Lipinski definition) is 0. The Morgan fingerprint density at radius 1 is 1.32 bits per heavy atom. The molecular weight excluding hydrogens is 298 g/mol. The molecule has 116 valence electrons. The summed E-state index contributed by atoms with van der Waals surface area (Å²) in [5.74, 6) is -0.552. The molecule has 2 aromatic rings. The van der Waals surface area contributed by atoms with Crippen LogP contribution in [0.4, 0.5) is 0 Å². The molecule has 0 N–H and O–H groups in total. The van der Waals surface area contributed by atoms with Gasteiger partial charge in [-0.05, 0) is 26.8 Å². The molecule has 2 saturated heterocycles. The fraction of sp³-hybridized carbons (Fsp3) is 0.500. The van der Waals surface area contributed by atoms with Crippen molar-refractivity contribution in [2.75, 3.05) is 0 Å². The second-order valence-corrected chi connectivity index (χ2v) is 7.51. The summed E-state index contributed by atoms with van der Waals surface area (Å²) in [6, 6.07) is 2.07. The maximum absolute atomic E-state index is 6.17. The Balaban J connectivity index is 1.78. The zero-order valence-electron chi connectivity index (χ0n) is 12.9. The minimum Gasteiger partial charge on any atom is -0.343 e. The predicted molar refractivity (Wildman–Crippen MR) is 86.7 cm³/mol. The minimum atomic E-state index is -0.552. The average molecular weight is 317 g/mol. The lowest BCUT2D eigenvalue weighted by molar-refractivity contribution is -0.148. The molecule has 22 heavy (non-hydrogen) atoms. The number of nitrogens with zero attached hydrogens (tertiary/aromatic N) is 3. The molecule has 4 heterocycles. The summed E-state index contributed by atoms with van der Waals surface area (Å²) in [6.45, 7) is 9.89. The van der Waals surface area contributed by atoms with E-state index >= 15 is 0 Å². The standard InChI is InChI=1S/C16H19N3O2S/c1-5-11-12-13(21-16(3,4)20-12)15(22-11)19-7-6-10-9(2)17-8-18-14(10)19/h5-8,11-13,15H,1H2,2-4H3/t11?,12-,13-,15-/m1/s1. The van der Waals surface area contributed by atoms with Crippen LogP contribution < -0.4 is 0 Å². The maximum Gasteiger partial charge on any atom is 0.163 e. The number of aromatic nitrogens is 3. The molecule has 2 aromatic heterocycles. The molecule has 4 atom stereocenters. The molecule has 0 aliphatic carbocycles. The number of rotatable bonds is 2. The van der Waals surface area contributed by atoms with Gasteiger partial charge in [0.1, 0.15) is 29.6 Å². The fourth-order valence-corrected chi connectivity index (χ4v) is 4.79. The van der Waals surface area contributed by atoms with Crippen LogP contribution in [0.2, 0.25) is 0 Å². The van der Waals surface area contributed by atoms with Crippen molar-refractivity contribution in [3.63, 3.8) is 0 Å². The highest BCUT2D eigenvalue weighted by atomic mass is 32.2. The van der Waals surface area contributed by atoms with Gasteiger partial charge >= 0.3 is 0 Å². The highest BCUT2D eigenvalue weighted by Gasteiger charge is 2.54. The fourth-order valence-electron chi connectivity index (χ4n) is 3.32. The van der Waals surface area contributed by atoms with Crippen LogP contribution in [0.3, 0.4) is 0 Å². The summed E-state index contributed by atoms with van der Waals surface area (Å²) in [7, 11) is 0. The summed E-state index contributed by atoms with van der Waals surface area (Å²) in [5, 5.41) is 1.43. The Labute approximate surface area is 133 Å². The SMILES string of the molecule is C=CC1S[C@@H](n2ccc3c(C)ncnc32)[C@@H]2OC(C)(C)O[C@H]12. The van der Waals surface area contributed by atoms with Crippen LogP contribution in [-0.2, 0) is 9.47 Å². The van der Waals surface area contributed by atoms with Crippen LogP contribution in [0.1, 0.15) is 24.9 Å². The summed E-state index contributed by atoms with van der Waals surface area (Å²) in [4.78, 5) is 8.73. The maximum atomic E-state index is 6.17. The van der Waals surface area contributed by atoms with Crippen molar-refractivity contribution in [3.8, 4) is 0 Å². The van der Waals surface area contributed by atoms with Crippen molar-refractivity contribution in [1.82, 2.24) is 14.5 Å². The van der Waals surface area contributed by atoms with E-state index < -0.39 is 5.79 Å². The number of hydrogen-bond acceptors (Lipinski definition) is 5. The van der Waals surface area contributed by atoms with Gasteiger partial charge in [-0.15, -0.1) is 18.3 Å². The average Bonchev–Trinajstić information content (AvgIpc) is 3.10. The van der Waals surface area contributed by atoms with Crippen molar-refractivity contribution in [3.05, 3.63) is 36.9 Å². The van der Waals surface area contributed by atoms with E-state index in [1.165, 1.54) is 0 Å². The lowest BCUT2D eigenvalue weighted by Gasteiger charge is -2.23. The van der Waals surface area contributed by atoms with Gasteiger partial charge in [-0.1, -0.05) is 6.08 Å². The van der Waals surface area contributed by atoms with Gasteiger partial charge in [0.2, 0.25) is 0 Å². The summed E-state index contributed by atoms with van der Waals surface area (Å²) in [5.41, 5.74) is 1.94. The van der Waals surface area contributed by atoms with Crippen molar-refractivity contribution >= 4 is 22.8 Å². The Hall–Kier alpha value is -1.37. The van der Waals surface area contributed by atoms with Crippen LogP contribution in [-0.4, -0.2) is 37.8 Å². The third kappa shape index (κ3) is 2.01. The third-order valence-electron chi connectivity index (χ3n) is 4.28. The molecule has 2 aliphatic rings. The predicted octanol–water partition coefficient (Wildman–Crippen LogP) is 3.06. The van der Waals surface area contributed by atoms with Gasteiger partial charge in [0.25, 0.3) is 0 Å². The van der Waals surface area contributed by atoms with Crippen molar-refractivity contribution in [2.24, 2.45) is 0 Å². The summed E-state index contributed by atoms with van der Waals surface area (Å²) >= 11 is 1.82. The van der Waals surface area contributed by atoms with E-state index in [1.54, 1.807) is 6.33 Å². The van der Waals surface area contributed by atoms with E-state index in [4.69, 9.17) is 9.47 Å². The largest absolute Gasteiger partial charge is 0.343 e. The molecule has 0 spiro atoms. The van der Waals surface area contributed by atoms with Gasteiger partial charge in [-0.3, -0.25) is 0 Å². The molecule has 4 rings (SSSR count). The first kappa shape index (κ1) is 14.2. The van der Waals surface area contributed by atoms with E-state index in [9.17, 15) is 0 Å². The van der Waals surface area contributed by atoms with Gasteiger partial charge in [0, 0.05) is 11.6 Å². The van der Waals surface area contributed by atoms with Crippen molar-refractivity contribution in [1.29, 1.82) is 0 Å². The number of aryl methyl sites for hydroxylation is 1. The van der Waals surface area contributed by atoms with Crippen LogP contribution >= 0.6 is 11.8 Å². The summed E-state index contributed by atoms with van der Waals surface area (Å²) < 4.78 is 14.4. The molecule has 0 saturated carbocycles. The number of fused-ring (bicyclic) bond motifs is 2. The lowest BCUT2D eigenvalue weighted by Crippen LogP contribution is -2.27. The first-order valence-electron chi connectivity index (χ1n) is 7.42. The van der Waals surface area contributed by atoms with Gasteiger partial charge < -0.3 is 14.0 Å². The Morgan fingerprint density at radius 2 is 2.09 bits per heavy atom. The molecule has 2 fully saturated rings. The lowest BCUT2D eigenvalue weighted by atomic mass is 10.1. The van der Waals surface area contributed by atoms with Crippen LogP contribution in [0.25, 0.3) is 11.0 Å². The third-order valence-corrected chi connectivity index (χ3v) is 5.83. The molecule has 0 aromatic carbocycles. The first-order chi connectivity index (χ1) is 10.5. The topological polar surface area (TPSA) is 49.2 Å². The van der Waals surface area contributed by atoms with Crippen molar-refractivity contribution in [2.45, 2.75) is 49.4 Å². The molecule has 0 amide bonds. The number of ether oxygens (including phenoxy) is 2. The monoisotopic (exact) mass is 317 g/mol. The van der Waals surface area contributed by atoms with Gasteiger partial charge in [-0.2, -0.15) is 0 Å². The Bertz CT molecular complexity index is 742. The molecule has 0 radical (unpaired) electrons. The molecule has 2 aliphatic heterocycles. The zero-order chi connectivity index (χ0) is 15.5. The summed E-state index contributed by atoms with van der Waals surface area (Å²) in [6.07, 6.45) is 5.67. The van der Waals surface area contributed by atoms with E-state index in [2.05, 4.69) is 33.4 Å². The van der Waals surface area contributed by atoms with E-state index in [1.807, 2.05) is 38.6 Å². The second kappa shape index (κ2) is 4.81. The van der Waals surface area contributed by atoms with Crippen LogP contribution in [0.5, 0.6) is 0 Å². The van der Waals surface area contributed by atoms with Crippen LogP contribution in [0, 0.1) is 6.92 Å². The van der Waals surface area contributed by atoms with Gasteiger partial charge in [0.15, 0.2) is 5.79 Å². The first-order valence-corrected chi connectivity index (χ1v) is 8.36. The smallest absolute Gasteiger partial charge is 0.163 e. The second-order valence-electron chi connectivity index (χ2n) is 6.21. The molecule has 6 heteroatoms. The molecule has 1 unspecified atom stereocenters. The van der Waals surface area contributed by atoms with E-state index in [0.29, 0.717) is 0 Å². The highest BCUT2D eigenvalue weighted by molar-refractivity contribution is 8.00. The van der Waals surface area contributed by atoms with E-state index in [0.717, 1.165) is 16.7 Å².